The molecule has 1 saturated heterocycles. The van der Waals surface area contributed by atoms with Crippen LogP contribution >= 0.6 is 0 Å². The average Bonchev–Trinajstić information content (AvgIpc) is 2.92. The van der Waals surface area contributed by atoms with Gasteiger partial charge in [-0.15, -0.1) is 0 Å². The van der Waals surface area contributed by atoms with Gasteiger partial charge in [0.05, 0.1) is 26.4 Å². The van der Waals surface area contributed by atoms with E-state index < -0.39 is 30.6 Å². The minimum absolute atomic E-state index is 0.271. The number of ether oxygens (including phenoxy) is 4. The average molecular weight is 476 g/mol. The molecule has 1 unspecified atom stereocenters. The van der Waals surface area contributed by atoms with Crippen LogP contribution in [0.15, 0.2) is 96.1 Å². The number of benzene rings is 3. The Balaban J connectivity index is 1.59. The molecule has 8 heteroatoms. The van der Waals surface area contributed by atoms with Crippen molar-refractivity contribution in [2.75, 3.05) is 6.61 Å². The molecule has 1 fully saturated rings. The second kappa shape index (κ2) is 13.0. The lowest BCUT2D eigenvalue weighted by Gasteiger charge is -2.44. The molecule has 4 rings (SSSR count). The molecule has 1 aliphatic heterocycles. The first-order valence-corrected chi connectivity index (χ1v) is 11.6. The van der Waals surface area contributed by atoms with E-state index in [9.17, 15) is 10.6 Å². The standard InChI is InChI=1S/C27H29N3O5/c28-30-29-27-26(34-19-22-14-8-3-9-15-22)25(33-18-21-12-6-2-7-13-21)24(23(16-31)35-27)32-17-20-10-4-1-5-11-20/h1-15,23-27,31H,16-19H2/t23-,24-,25+,26-,27?/m1/s1. The maximum absolute atomic E-state index is 10.1. The van der Waals surface area contributed by atoms with E-state index in [-0.39, 0.29) is 13.2 Å². The van der Waals surface area contributed by atoms with Gasteiger partial charge < -0.3 is 24.1 Å². The van der Waals surface area contributed by atoms with Crippen LogP contribution in [0.5, 0.6) is 0 Å². The van der Waals surface area contributed by atoms with Gasteiger partial charge in [0.2, 0.25) is 0 Å². The number of aliphatic hydroxyl groups excluding tert-OH is 1. The monoisotopic (exact) mass is 475 g/mol. The quantitative estimate of drug-likeness (QED) is 0.244. The van der Waals surface area contributed by atoms with Gasteiger partial charge in [0.1, 0.15) is 24.4 Å². The lowest BCUT2D eigenvalue weighted by molar-refractivity contribution is -0.268. The van der Waals surface area contributed by atoms with Gasteiger partial charge >= 0.3 is 0 Å². The maximum atomic E-state index is 10.1. The summed E-state index contributed by atoms with van der Waals surface area (Å²) in [6.45, 7) is 0.539. The molecule has 0 aliphatic carbocycles. The second-order valence-electron chi connectivity index (χ2n) is 8.24. The second-order valence-corrected chi connectivity index (χ2v) is 8.24. The molecule has 0 saturated carbocycles. The molecule has 0 amide bonds. The van der Waals surface area contributed by atoms with Gasteiger partial charge in [0.15, 0.2) is 6.23 Å². The summed E-state index contributed by atoms with van der Waals surface area (Å²) < 4.78 is 24.8. The van der Waals surface area contributed by atoms with Crippen molar-refractivity contribution in [3.8, 4) is 0 Å². The summed E-state index contributed by atoms with van der Waals surface area (Å²) in [5.74, 6) is 0. The molecule has 0 radical (unpaired) electrons. The van der Waals surface area contributed by atoms with Crippen LogP contribution in [-0.2, 0) is 38.8 Å². The van der Waals surface area contributed by atoms with Crippen LogP contribution in [0.25, 0.3) is 10.4 Å². The molecule has 0 aromatic heterocycles. The fourth-order valence-corrected chi connectivity index (χ4v) is 4.05. The maximum Gasteiger partial charge on any atom is 0.165 e. The summed E-state index contributed by atoms with van der Waals surface area (Å²) in [4.78, 5) is 2.95. The van der Waals surface area contributed by atoms with Gasteiger partial charge in [-0.1, -0.05) is 96.1 Å². The number of azide groups is 1. The zero-order valence-corrected chi connectivity index (χ0v) is 19.3. The zero-order valence-electron chi connectivity index (χ0n) is 19.3. The third-order valence-corrected chi connectivity index (χ3v) is 5.81. The molecule has 3 aromatic rings. The fourth-order valence-electron chi connectivity index (χ4n) is 4.05. The molecule has 8 nitrogen and oxygen atoms in total. The summed E-state index contributed by atoms with van der Waals surface area (Å²) in [7, 11) is 0. The number of hydrogen-bond donors (Lipinski definition) is 1. The number of hydrogen-bond acceptors (Lipinski definition) is 6. The Kier molecular flexibility index (Phi) is 9.25. The van der Waals surface area contributed by atoms with Crippen LogP contribution in [0.3, 0.4) is 0 Å². The smallest absolute Gasteiger partial charge is 0.165 e. The number of nitrogens with zero attached hydrogens (tertiary/aromatic N) is 3. The Morgan fingerprint density at radius 2 is 1.11 bits per heavy atom. The largest absolute Gasteiger partial charge is 0.394 e. The summed E-state index contributed by atoms with van der Waals surface area (Å²) in [5.41, 5.74) is 12.1. The molecule has 5 atom stereocenters. The molecule has 0 spiro atoms. The van der Waals surface area contributed by atoms with Crippen molar-refractivity contribution in [1.82, 2.24) is 0 Å². The molecular weight excluding hydrogens is 446 g/mol. The lowest BCUT2D eigenvalue weighted by atomic mass is 9.97. The molecule has 182 valence electrons. The highest BCUT2D eigenvalue weighted by Crippen LogP contribution is 2.31. The predicted molar refractivity (Wildman–Crippen MR) is 130 cm³/mol. The summed E-state index contributed by atoms with van der Waals surface area (Å²) in [5, 5.41) is 13.9. The third-order valence-electron chi connectivity index (χ3n) is 5.81. The highest BCUT2D eigenvalue weighted by atomic mass is 16.6. The van der Waals surface area contributed by atoms with Gasteiger partial charge in [-0.05, 0) is 22.2 Å². The van der Waals surface area contributed by atoms with Crippen molar-refractivity contribution < 1.29 is 24.1 Å². The van der Waals surface area contributed by atoms with E-state index in [1.54, 1.807) is 0 Å². The minimum atomic E-state index is -0.988. The van der Waals surface area contributed by atoms with Crippen LogP contribution in [-0.4, -0.2) is 42.4 Å². The van der Waals surface area contributed by atoms with Gasteiger partial charge in [0, 0.05) is 4.91 Å². The highest BCUT2D eigenvalue weighted by molar-refractivity contribution is 5.15. The number of aliphatic hydroxyl groups is 1. The molecule has 1 N–H and O–H groups in total. The summed E-state index contributed by atoms with van der Waals surface area (Å²) >= 11 is 0. The molecular formula is C27H29N3O5. The first kappa shape index (κ1) is 24.9. The summed E-state index contributed by atoms with van der Waals surface area (Å²) in [6, 6.07) is 29.2. The van der Waals surface area contributed by atoms with Gasteiger partial charge in [-0.3, -0.25) is 0 Å². The predicted octanol–water partition coefficient (Wildman–Crippen LogP) is 4.77. The SMILES string of the molecule is [N-]=[N+]=NC1O[C@H](CO)[C@@H](OCc2ccccc2)[C@H](OCc2ccccc2)[C@H]1OCc1ccccc1. The molecule has 1 heterocycles. The highest BCUT2D eigenvalue weighted by Gasteiger charge is 2.47. The molecule has 1 aliphatic rings. The van der Waals surface area contributed by atoms with E-state index >= 15 is 0 Å². The molecule has 35 heavy (non-hydrogen) atoms. The first-order chi connectivity index (χ1) is 17.3. The Bertz CT molecular complexity index is 1060. The van der Waals surface area contributed by atoms with E-state index in [1.807, 2.05) is 91.0 Å². The molecule has 3 aromatic carbocycles. The normalized spacial score (nSPS) is 24.0. The Morgan fingerprint density at radius 1 is 0.686 bits per heavy atom. The van der Waals surface area contributed by atoms with E-state index in [2.05, 4.69) is 10.0 Å². The topological polar surface area (TPSA) is 106 Å². The first-order valence-electron chi connectivity index (χ1n) is 11.6. The van der Waals surface area contributed by atoms with E-state index in [0.29, 0.717) is 13.2 Å². The zero-order chi connectivity index (χ0) is 24.3. The summed E-state index contributed by atoms with van der Waals surface area (Å²) in [6.07, 6.45) is -3.82. The lowest BCUT2D eigenvalue weighted by Crippen LogP contribution is -2.60. The van der Waals surface area contributed by atoms with Gasteiger partial charge in [-0.25, -0.2) is 0 Å². The fraction of sp³-hybridized carbons (Fsp3) is 0.333. The van der Waals surface area contributed by atoms with Gasteiger partial charge in [0.25, 0.3) is 0 Å². The Hall–Kier alpha value is -3.23. The van der Waals surface area contributed by atoms with Crippen molar-refractivity contribution in [3.05, 3.63) is 118 Å². The van der Waals surface area contributed by atoms with Crippen molar-refractivity contribution in [2.24, 2.45) is 5.11 Å². The number of rotatable bonds is 11. The van der Waals surface area contributed by atoms with Crippen molar-refractivity contribution in [1.29, 1.82) is 0 Å². The van der Waals surface area contributed by atoms with Crippen LogP contribution in [0.4, 0.5) is 0 Å². The van der Waals surface area contributed by atoms with Crippen molar-refractivity contribution in [2.45, 2.75) is 50.5 Å². The molecule has 0 bridgehead atoms. The van der Waals surface area contributed by atoms with E-state index in [1.165, 1.54) is 0 Å². The van der Waals surface area contributed by atoms with Crippen LogP contribution in [0.2, 0.25) is 0 Å². The van der Waals surface area contributed by atoms with Crippen molar-refractivity contribution >= 4 is 0 Å². The Labute approximate surface area is 204 Å². The van der Waals surface area contributed by atoms with Crippen LogP contribution < -0.4 is 0 Å². The van der Waals surface area contributed by atoms with Gasteiger partial charge in [-0.2, -0.15) is 0 Å². The minimum Gasteiger partial charge on any atom is -0.394 e. The van der Waals surface area contributed by atoms with Crippen LogP contribution in [0.1, 0.15) is 16.7 Å². The van der Waals surface area contributed by atoms with E-state index in [0.717, 1.165) is 16.7 Å². The Morgan fingerprint density at radius 3 is 1.54 bits per heavy atom. The van der Waals surface area contributed by atoms with Crippen molar-refractivity contribution in [3.63, 3.8) is 0 Å². The van der Waals surface area contributed by atoms with E-state index in [4.69, 9.17) is 18.9 Å². The third kappa shape index (κ3) is 6.90. The van der Waals surface area contributed by atoms with Crippen LogP contribution in [0, 0.1) is 0 Å².